The van der Waals surface area contributed by atoms with E-state index in [0.29, 0.717) is 0 Å². The molecule has 0 fully saturated rings. The molecule has 0 saturated carbocycles. The average molecular weight is 365 g/mol. The van der Waals surface area contributed by atoms with Crippen molar-refractivity contribution in [2.24, 2.45) is 10.9 Å². The molecule has 4 heteroatoms. The van der Waals surface area contributed by atoms with Gasteiger partial charge in [-0.15, -0.1) is 24.0 Å². The van der Waals surface area contributed by atoms with Crippen LogP contribution < -0.4 is 10.6 Å². The zero-order valence-electron chi connectivity index (χ0n) is 12.1. The van der Waals surface area contributed by atoms with Gasteiger partial charge in [0.2, 0.25) is 0 Å². The fourth-order valence-corrected chi connectivity index (χ4v) is 1.90. The number of rotatable bonds is 3. The van der Waals surface area contributed by atoms with Gasteiger partial charge in [-0.1, -0.05) is 12.2 Å². The van der Waals surface area contributed by atoms with Crippen LogP contribution in [-0.2, 0) is 0 Å². The molecule has 2 N–H and O–H groups in total. The van der Waals surface area contributed by atoms with Crippen LogP contribution in [0, 0.1) is 5.92 Å². The lowest BCUT2D eigenvalue weighted by molar-refractivity contribution is 0.478. The molecule has 0 aromatic rings. The number of nitrogens with zero attached hydrogens (tertiary/aromatic N) is 1. The van der Waals surface area contributed by atoms with E-state index < -0.39 is 0 Å². The standard InChI is InChI=1S/C14H27N3.HI/c1-5-15-13(17-14(2,3)4)16-11-12-9-7-6-8-10-12;/h6-7,12H,5,8-11H2,1-4H3,(H2,15,16,17);1H. The molecule has 0 aromatic heterocycles. The third-order valence-electron chi connectivity index (χ3n) is 2.72. The summed E-state index contributed by atoms with van der Waals surface area (Å²) in [4.78, 5) is 4.68. The van der Waals surface area contributed by atoms with Gasteiger partial charge in [0.1, 0.15) is 0 Å². The summed E-state index contributed by atoms with van der Waals surface area (Å²) in [6.45, 7) is 10.4. The fraction of sp³-hybridized carbons (Fsp3) is 0.786. The topological polar surface area (TPSA) is 36.4 Å². The predicted octanol–water partition coefficient (Wildman–Crippen LogP) is 3.31. The minimum Gasteiger partial charge on any atom is -0.357 e. The van der Waals surface area contributed by atoms with E-state index in [1.54, 1.807) is 0 Å². The molecule has 0 heterocycles. The summed E-state index contributed by atoms with van der Waals surface area (Å²) < 4.78 is 0. The van der Waals surface area contributed by atoms with Crippen LogP contribution in [0.4, 0.5) is 0 Å². The minimum atomic E-state index is 0. The molecular formula is C14H28IN3. The molecule has 18 heavy (non-hydrogen) atoms. The highest BCUT2D eigenvalue weighted by Crippen LogP contribution is 2.18. The summed E-state index contributed by atoms with van der Waals surface area (Å²) in [6.07, 6.45) is 8.23. The van der Waals surface area contributed by atoms with Crippen molar-refractivity contribution in [3.05, 3.63) is 12.2 Å². The molecule has 3 nitrogen and oxygen atoms in total. The maximum absolute atomic E-state index is 4.68. The van der Waals surface area contributed by atoms with Crippen molar-refractivity contribution in [2.75, 3.05) is 13.1 Å². The number of allylic oxidation sites excluding steroid dienone is 2. The summed E-state index contributed by atoms with van der Waals surface area (Å²) in [6, 6.07) is 0. The number of guanidine groups is 1. The van der Waals surface area contributed by atoms with E-state index in [-0.39, 0.29) is 29.5 Å². The summed E-state index contributed by atoms with van der Waals surface area (Å²) in [7, 11) is 0. The first-order valence-corrected chi connectivity index (χ1v) is 6.73. The second-order valence-electron chi connectivity index (χ2n) is 5.75. The van der Waals surface area contributed by atoms with Crippen molar-refractivity contribution in [3.63, 3.8) is 0 Å². The maximum Gasteiger partial charge on any atom is 0.191 e. The van der Waals surface area contributed by atoms with Crippen LogP contribution in [0.25, 0.3) is 0 Å². The first kappa shape index (κ1) is 17.7. The molecule has 1 aliphatic carbocycles. The van der Waals surface area contributed by atoms with Gasteiger partial charge in [0, 0.05) is 18.6 Å². The molecule has 1 unspecified atom stereocenters. The Balaban J connectivity index is 0.00000289. The third kappa shape index (κ3) is 7.95. The molecule has 1 rings (SSSR count). The largest absolute Gasteiger partial charge is 0.357 e. The minimum absolute atomic E-state index is 0. The van der Waals surface area contributed by atoms with Crippen molar-refractivity contribution in [1.29, 1.82) is 0 Å². The van der Waals surface area contributed by atoms with Crippen molar-refractivity contribution >= 4 is 29.9 Å². The van der Waals surface area contributed by atoms with Crippen LogP contribution in [0.5, 0.6) is 0 Å². The lowest BCUT2D eigenvalue weighted by Crippen LogP contribution is -2.47. The van der Waals surface area contributed by atoms with E-state index in [0.717, 1.165) is 25.0 Å². The zero-order chi connectivity index (χ0) is 12.7. The Labute approximate surface area is 129 Å². The third-order valence-corrected chi connectivity index (χ3v) is 2.72. The SMILES string of the molecule is CCNC(=NCC1CC=CCC1)NC(C)(C)C.I. The van der Waals surface area contributed by atoms with E-state index >= 15 is 0 Å². The Hall–Kier alpha value is -0.260. The number of nitrogens with one attached hydrogen (secondary N) is 2. The van der Waals surface area contributed by atoms with Gasteiger partial charge in [0.05, 0.1) is 0 Å². The molecule has 0 spiro atoms. The second-order valence-corrected chi connectivity index (χ2v) is 5.75. The molecule has 1 aliphatic rings. The van der Waals surface area contributed by atoms with E-state index in [1.165, 1.54) is 19.3 Å². The van der Waals surface area contributed by atoms with Gasteiger partial charge in [-0.3, -0.25) is 4.99 Å². The van der Waals surface area contributed by atoms with Gasteiger partial charge in [-0.2, -0.15) is 0 Å². The first-order chi connectivity index (χ1) is 8.01. The van der Waals surface area contributed by atoms with Crippen molar-refractivity contribution in [3.8, 4) is 0 Å². The number of hydrogen-bond acceptors (Lipinski definition) is 1. The number of aliphatic imine (C=N–C) groups is 1. The molecule has 0 aromatic carbocycles. The average Bonchev–Trinajstić information content (AvgIpc) is 2.26. The summed E-state index contributed by atoms with van der Waals surface area (Å²) in [5.41, 5.74) is 0.0630. The Morgan fingerprint density at radius 1 is 1.33 bits per heavy atom. The van der Waals surface area contributed by atoms with Gasteiger partial charge in [0.25, 0.3) is 0 Å². The van der Waals surface area contributed by atoms with Gasteiger partial charge in [-0.05, 0) is 52.9 Å². The Morgan fingerprint density at radius 2 is 2.06 bits per heavy atom. The highest BCUT2D eigenvalue weighted by molar-refractivity contribution is 14.0. The lowest BCUT2D eigenvalue weighted by Gasteiger charge is -2.24. The van der Waals surface area contributed by atoms with Crippen LogP contribution in [-0.4, -0.2) is 24.6 Å². The summed E-state index contributed by atoms with van der Waals surface area (Å²) >= 11 is 0. The molecule has 1 atom stereocenters. The summed E-state index contributed by atoms with van der Waals surface area (Å²) in [5.74, 6) is 1.66. The maximum atomic E-state index is 4.68. The molecule has 0 aliphatic heterocycles. The van der Waals surface area contributed by atoms with Crippen molar-refractivity contribution in [1.82, 2.24) is 10.6 Å². The smallest absolute Gasteiger partial charge is 0.191 e. The first-order valence-electron chi connectivity index (χ1n) is 6.73. The molecule has 0 bridgehead atoms. The van der Waals surface area contributed by atoms with Gasteiger partial charge < -0.3 is 10.6 Å². The van der Waals surface area contributed by atoms with Gasteiger partial charge in [0.15, 0.2) is 5.96 Å². The number of hydrogen-bond donors (Lipinski definition) is 2. The summed E-state index contributed by atoms with van der Waals surface area (Å²) in [5, 5.41) is 6.72. The normalized spacial score (nSPS) is 20.2. The lowest BCUT2D eigenvalue weighted by atomic mass is 9.95. The Kier molecular flexibility index (Phi) is 8.65. The Bertz CT molecular complexity index is 279. The van der Waals surface area contributed by atoms with E-state index in [4.69, 9.17) is 0 Å². The highest BCUT2D eigenvalue weighted by atomic mass is 127. The zero-order valence-corrected chi connectivity index (χ0v) is 14.5. The Morgan fingerprint density at radius 3 is 2.56 bits per heavy atom. The van der Waals surface area contributed by atoms with Crippen LogP contribution in [0.3, 0.4) is 0 Å². The van der Waals surface area contributed by atoms with Crippen LogP contribution in [0.2, 0.25) is 0 Å². The van der Waals surface area contributed by atoms with E-state index in [1.807, 2.05) is 0 Å². The van der Waals surface area contributed by atoms with E-state index in [2.05, 4.69) is 55.5 Å². The molecule has 106 valence electrons. The molecule has 0 radical (unpaired) electrons. The van der Waals surface area contributed by atoms with Crippen LogP contribution in [0.1, 0.15) is 47.0 Å². The molecule has 0 amide bonds. The van der Waals surface area contributed by atoms with Gasteiger partial charge >= 0.3 is 0 Å². The molecule has 0 saturated heterocycles. The monoisotopic (exact) mass is 365 g/mol. The van der Waals surface area contributed by atoms with Gasteiger partial charge in [-0.25, -0.2) is 0 Å². The quantitative estimate of drug-likeness (QED) is 0.348. The number of halogens is 1. The fourth-order valence-electron chi connectivity index (χ4n) is 1.90. The predicted molar refractivity (Wildman–Crippen MR) is 90.8 cm³/mol. The van der Waals surface area contributed by atoms with Crippen LogP contribution >= 0.6 is 24.0 Å². The van der Waals surface area contributed by atoms with Crippen LogP contribution in [0.15, 0.2) is 17.1 Å². The van der Waals surface area contributed by atoms with Crippen molar-refractivity contribution < 1.29 is 0 Å². The second kappa shape index (κ2) is 8.77. The van der Waals surface area contributed by atoms with E-state index in [9.17, 15) is 0 Å². The van der Waals surface area contributed by atoms with Crippen molar-refractivity contribution in [2.45, 2.75) is 52.5 Å². The molecular weight excluding hydrogens is 337 g/mol. The highest BCUT2D eigenvalue weighted by Gasteiger charge is 2.13.